The molecule has 0 amide bonds. The van der Waals surface area contributed by atoms with Crippen LogP contribution < -0.4 is 11.1 Å². The van der Waals surface area contributed by atoms with Crippen LogP contribution in [-0.2, 0) is 4.79 Å². The monoisotopic (exact) mass is 171 g/mol. The SMILES string of the molecule is NCCCN1CCNC(C=O)C1. The lowest BCUT2D eigenvalue weighted by Gasteiger charge is -2.30. The highest BCUT2D eigenvalue weighted by atomic mass is 16.1. The minimum Gasteiger partial charge on any atom is -0.330 e. The molecule has 12 heavy (non-hydrogen) atoms. The molecule has 0 aromatic carbocycles. The van der Waals surface area contributed by atoms with Gasteiger partial charge in [0.1, 0.15) is 6.29 Å². The zero-order valence-electron chi connectivity index (χ0n) is 7.33. The fourth-order valence-electron chi connectivity index (χ4n) is 1.45. The van der Waals surface area contributed by atoms with E-state index in [0.717, 1.165) is 45.4 Å². The van der Waals surface area contributed by atoms with Gasteiger partial charge in [0.2, 0.25) is 0 Å². The maximum Gasteiger partial charge on any atom is 0.138 e. The third-order valence-corrected chi connectivity index (χ3v) is 2.13. The molecule has 1 fully saturated rings. The van der Waals surface area contributed by atoms with Gasteiger partial charge < -0.3 is 20.7 Å². The van der Waals surface area contributed by atoms with Gasteiger partial charge in [-0.2, -0.15) is 0 Å². The second-order valence-corrected chi connectivity index (χ2v) is 3.14. The number of nitrogens with zero attached hydrogens (tertiary/aromatic N) is 1. The predicted molar refractivity (Wildman–Crippen MR) is 48.0 cm³/mol. The van der Waals surface area contributed by atoms with Crippen LogP contribution in [0.2, 0.25) is 0 Å². The van der Waals surface area contributed by atoms with E-state index < -0.39 is 0 Å². The van der Waals surface area contributed by atoms with E-state index in [1.807, 2.05) is 0 Å². The van der Waals surface area contributed by atoms with Crippen LogP contribution >= 0.6 is 0 Å². The van der Waals surface area contributed by atoms with Crippen LogP contribution in [-0.4, -0.2) is 50.0 Å². The number of carbonyl (C=O) groups is 1. The summed E-state index contributed by atoms with van der Waals surface area (Å²) in [6.07, 6.45) is 2.00. The fraction of sp³-hybridized carbons (Fsp3) is 0.875. The molecule has 4 nitrogen and oxygen atoms in total. The van der Waals surface area contributed by atoms with Crippen molar-refractivity contribution in [2.24, 2.45) is 5.73 Å². The normalized spacial score (nSPS) is 25.6. The molecule has 1 aliphatic heterocycles. The molecule has 1 unspecified atom stereocenters. The average Bonchev–Trinajstić information content (AvgIpc) is 2.15. The quantitative estimate of drug-likeness (QED) is 0.522. The van der Waals surface area contributed by atoms with Crippen molar-refractivity contribution >= 4 is 6.29 Å². The van der Waals surface area contributed by atoms with Gasteiger partial charge in [-0.25, -0.2) is 0 Å². The lowest BCUT2D eigenvalue weighted by molar-refractivity contribution is -0.110. The molecular weight excluding hydrogens is 154 g/mol. The third-order valence-electron chi connectivity index (χ3n) is 2.13. The van der Waals surface area contributed by atoms with Crippen molar-refractivity contribution in [2.75, 3.05) is 32.7 Å². The number of rotatable bonds is 4. The average molecular weight is 171 g/mol. The number of hydrogen-bond donors (Lipinski definition) is 2. The Labute approximate surface area is 73.1 Å². The van der Waals surface area contributed by atoms with Gasteiger partial charge in [-0.3, -0.25) is 0 Å². The smallest absolute Gasteiger partial charge is 0.138 e. The largest absolute Gasteiger partial charge is 0.330 e. The molecule has 0 bridgehead atoms. The molecule has 1 saturated heterocycles. The van der Waals surface area contributed by atoms with Gasteiger partial charge in [0.25, 0.3) is 0 Å². The van der Waals surface area contributed by atoms with E-state index >= 15 is 0 Å². The van der Waals surface area contributed by atoms with Crippen LogP contribution in [0.5, 0.6) is 0 Å². The Morgan fingerprint density at radius 2 is 2.50 bits per heavy atom. The van der Waals surface area contributed by atoms with E-state index in [1.165, 1.54) is 0 Å². The lowest BCUT2D eigenvalue weighted by Crippen LogP contribution is -2.51. The number of piperazine rings is 1. The third kappa shape index (κ3) is 2.89. The fourth-order valence-corrected chi connectivity index (χ4v) is 1.45. The standard InChI is InChI=1S/C8H17N3O/c9-2-1-4-11-5-3-10-8(6-11)7-12/h7-8,10H,1-6,9H2. The number of nitrogens with one attached hydrogen (secondary N) is 1. The molecule has 0 aliphatic carbocycles. The summed E-state index contributed by atoms with van der Waals surface area (Å²) in [5.41, 5.74) is 5.40. The number of nitrogens with two attached hydrogens (primary N) is 1. The van der Waals surface area contributed by atoms with Crippen LogP contribution in [0.15, 0.2) is 0 Å². The molecule has 0 spiro atoms. The summed E-state index contributed by atoms with van der Waals surface area (Å²) in [4.78, 5) is 12.7. The second kappa shape index (κ2) is 5.24. The first kappa shape index (κ1) is 9.64. The lowest BCUT2D eigenvalue weighted by atomic mass is 10.2. The summed E-state index contributed by atoms with van der Waals surface area (Å²) < 4.78 is 0. The van der Waals surface area contributed by atoms with Crippen molar-refractivity contribution < 1.29 is 4.79 Å². The molecular formula is C8H17N3O. The van der Waals surface area contributed by atoms with E-state index in [2.05, 4.69) is 10.2 Å². The van der Waals surface area contributed by atoms with Crippen molar-refractivity contribution in [3.8, 4) is 0 Å². The van der Waals surface area contributed by atoms with Gasteiger partial charge in [0.05, 0.1) is 6.04 Å². The van der Waals surface area contributed by atoms with E-state index in [4.69, 9.17) is 5.73 Å². The van der Waals surface area contributed by atoms with Crippen LogP contribution in [0.3, 0.4) is 0 Å². The molecule has 1 aliphatic rings. The van der Waals surface area contributed by atoms with Gasteiger partial charge in [-0.1, -0.05) is 0 Å². The van der Waals surface area contributed by atoms with E-state index in [0.29, 0.717) is 0 Å². The first-order valence-corrected chi connectivity index (χ1v) is 4.48. The molecule has 4 heteroatoms. The van der Waals surface area contributed by atoms with Crippen molar-refractivity contribution in [3.05, 3.63) is 0 Å². The number of aldehydes is 1. The summed E-state index contributed by atoms with van der Waals surface area (Å²) >= 11 is 0. The molecule has 1 rings (SSSR count). The van der Waals surface area contributed by atoms with Crippen LogP contribution in [0.25, 0.3) is 0 Å². The Bertz CT molecular complexity index is 140. The Balaban J connectivity index is 2.20. The highest BCUT2D eigenvalue weighted by molar-refractivity contribution is 5.58. The Morgan fingerprint density at radius 1 is 1.67 bits per heavy atom. The van der Waals surface area contributed by atoms with Crippen LogP contribution in [0, 0.1) is 0 Å². The molecule has 1 heterocycles. The van der Waals surface area contributed by atoms with Crippen LogP contribution in [0.4, 0.5) is 0 Å². The number of carbonyl (C=O) groups excluding carboxylic acids is 1. The van der Waals surface area contributed by atoms with Crippen molar-refractivity contribution in [2.45, 2.75) is 12.5 Å². The Morgan fingerprint density at radius 3 is 3.17 bits per heavy atom. The van der Waals surface area contributed by atoms with Crippen molar-refractivity contribution in [1.82, 2.24) is 10.2 Å². The number of hydrogen-bond acceptors (Lipinski definition) is 4. The maximum absolute atomic E-state index is 10.5. The molecule has 0 saturated carbocycles. The van der Waals surface area contributed by atoms with Gasteiger partial charge in [0, 0.05) is 19.6 Å². The first-order valence-electron chi connectivity index (χ1n) is 4.48. The highest BCUT2D eigenvalue weighted by Gasteiger charge is 2.17. The molecule has 0 aromatic heterocycles. The summed E-state index contributed by atoms with van der Waals surface area (Å²) in [5.74, 6) is 0. The zero-order valence-corrected chi connectivity index (χ0v) is 7.33. The summed E-state index contributed by atoms with van der Waals surface area (Å²) in [5, 5.41) is 3.13. The van der Waals surface area contributed by atoms with Crippen molar-refractivity contribution in [1.29, 1.82) is 0 Å². The summed E-state index contributed by atoms with van der Waals surface area (Å²) in [7, 11) is 0. The Kier molecular flexibility index (Phi) is 4.21. The van der Waals surface area contributed by atoms with Gasteiger partial charge in [0.15, 0.2) is 0 Å². The minimum atomic E-state index is 0.0246. The molecule has 0 aromatic rings. The van der Waals surface area contributed by atoms with Gasteiger partial charge in [-0.05, 0) is 19.5 Å². The maximum atomic E-state index is 10.5. The second-order valence-electron chi connectivity index (χ2n) is 3.14. The Hall–Kier alpha value is -0.450. The summed E-state index contributed by atoms with van der Waals surface area (Å²) in [6, 6.07) is 0.0246. The van der Waals surface area contributed by atoms with E-state index in [1.54, 1.807) is 0 Å². The van der Waals surface area contributed by atoms with Crippen LogP contribution in [0.1, 0.15) is 6.42 Å². The minimum absolute atomic E-state index is 0.0246. The van der Waals surface area contributed by atoms with Gasteiger partial charge >= 0.3 is 0 Å². The predicted octanol–water partition coefficient (Wildman–Crippen LogP) is -1.19. The first-order chi connectivity index (χ1) is 5.86. The van der Waals surface area contributed by atoms with E-state index in [-0.39, 0.29) is 6.04 Å². The molecule has 70 valence electrons. The van der Waals surface area contributed by atoms with Gasteiger partial charge in [-0.15, -0.1) is 0 Å². The van der Waals surface area contributed by atoms with Crippen molar-refractivity contribution in [3.63, 3.8) is 0 Å². The van der Waals surface area contributed by atoms with E-state index in [9.17, 15) is 4.79 Å². The highest BCUT2D eigenvalue weighted by Crippen LogP contribution is 1.97. The summed E-state index contributed by atoms with van der Waals surface area (Å²) in [6.45, 7) is 4.53. The molecule has 3 N–H and O–H groups in total. The zero-order chi connectivity index (χ0) is 8.81. The topological polar surface area (TPSA) is 58.4 Å². The molecule has 1 atom stereocenters. The molecule has 0 radical (unpaired) electrons.